The predicted molar refractivity (Wildman–Crippen MR) is 133 cm³/mol. The van der Waals surface area contributed by atoms with Gasteiger partial charge in [0.25, 0.3) is 0 Å². The van der Waals surface area contributed by atoms with Crippen LogP contribution in [0.2, 0.25) is 0 Å². The molecule has 0 bridgehead atoms. The topological polar surface area (TPSA) is 108 Å². The highest BCUT2D eigenvalue weighted by molar-refractivity contribution is 6.08. The Morgan fingerprint density at radius 3 is 2.17 bits per heavy atom. The van der Waals surface area contributed by atoms with Gasteiger partial charge in [-0.3, -0.25) is 4.79 Å². The summed E-state index contributed by atoms with van der Waals surface area (Å²) in [6.07, 6.45) is 0. The zero-order valence-electron chi connectivity index (χ0n) is 20.1. The van der Waals surface area contributed by atoms with Crippen LogP contribution >= 0.6 is 0 Å². The molecule has 2 N–H and O–H groups in total. The largest absolute Gasteiger partial charge is 0.495 e. The fraction of sp³-hybridized carbons (Fsp3) is 0.231. The summed E-state index contributed by atoms with van der Waals surface area (Å²) in [5.74, 6) is 0.306. The highest BCUT2D eigenvalue weighted by Gasteiger charge is 2.22. The second-order valence-corrected chi connectivity index (χ2v) is 7.75. The van der Waals surface area contributed by atoms with E-state index in [2.05, 4.69) is 10.6 Å². The predicted octanol–water partition coefficient (Wildman–Crippen LogP) is 4.84. The van der Waals surface area contributed by atoms with E-state index in [-0.39, 0.29) is 11.5 Å². The molecule has 1 amide bonds. The lowest BCUT2D eigenvalue weighted by atomic mass is 10.1. The Hall–Kier alpha value is -4.40. The van der Waals surface area contributed by atoms with Gasteiger partial charge in [-0.2, -0.15) is 0 Å². The van der Waals surface area contributed by atoms with Gasteiger partial charge in [-0.1, -0.05) is 18.2 Å². The molecule has 0 unspecified atom stereocenters. The van der Waals surface area contributed by atoms with Crippen molar-refractivity contribution in [1.82, 2.24) is 0 Å². The lowest BCUT2D eigenvalue weighted by Gasteiger charge is -2.20. The monoisotopic (exact) mass is 478 g/mol. The minimum absolute atomic E-state index is 0.200. The second kappa shape index (κ2) is 9.84. The van der Waals surface area contributed by atoms with Gasteiger partial charge >= 0.3 is 5.97 Å². The van der Waals surface area contributed by atoms with Crippen LogP contribution in [0.1, 0.15) is 17.3 Å². The number of carbonyl (C=O) groups excluding carboxylic acids is 2. The van der Waals surface area contributed by atoms with Crippen LogP contribution in [0.5, 0.6) is 17.2 Å². The van der Waals surface area contributed by atoms with Gasteiger partial charge in [-0.15, -0.1) is 0 Å². The van der Waals surface area contributed by atoms with Gasteiger partial charge < -0.3 is 34.0 Å². The molecule has 9 heteroatoms. The number of nitrogens with one attached hydrogen (secondary N) is 2. The van der Waals surface area contributed by atoms with Crippen molar-refractivity contribution in [1.29, 1.82) is 0 Å². The molecule has 182 valence electrons. The van der Waals surface area contributed by atoms with E-state index in [1.165, 1.54) is 34.5 Å². The number of amides is 1. The van der Waals surface area contributed by atoms with Crippen molar-refractivity contribution < 1.29 is 33.0 Å². The van der Waals surface area contributed by atoms with Crippen LogP contribution < -0.4 is 24.8 Å². The molecule has 35 heavy (non-hydrogen) atoms. The fourth-order valence-corrected chi connectivity index (χ4v) is 3.84. The van der Waals surface area contributed by atoms with Crippen LogP contribution in [0, 0.1) is 0 Å². The minimum atomic E-state index is -0.743. The third-order valence-corrected chi connectivity index (χ3v) is 5.65. The summed E-state index contributed by atoms with van der Waals surface area (Å²) in [5.41, 5.74) is 2.38. The normalized spacial score (nSPS) is 11.7. The lowest BCUT2D eigenvalue weighted by Crippen LogP contribution is -2.32. The van der Waals surface area contributed by atoms with Gasteiger partial charge in [0.15, 0.2) is 11.5 Å². The Kier molecular flexibility index (Phi) is 6.68. The van der Waals surface area contributed by atoms with Gasteiger partial charge in [0.1, 0.15) is 23.0 Å². The number of benzene rings is 3. The van der Waals surface area contributed by atoms with E-state index in [0.717, 1.165) is 16.4 Å². The number of ether oxygens (including phenoxy) is 4. The molecular formula is C26H26N2O7. The molecule has 0 aliphatic heterocycles. The highest BCUT2D eigenvalue weighted by atomic mass is 16.5. The third kappa shape index (κ3) is 4.52. The van der Waals surface area contributed by atoms with Crippen LogP contribution in [0.15, 0.2) is 52.9 Å². The van der Waals surface area contributed by atoms with Gasteiger partial charge in [0.2, 0.25) is 5.91 Å². The summed E-state index contributed by atoms with van der Waals surface area (Å²) < 4.78 is 26.9. The SMILES string of the molecule is COC(=O)c1cc(OC)c(OC)cc1N[C@@H](C)C(=O)Nc1cc2oc3ccccc3c2cc1OC. The molecule has 0 radical (unpaired) electrons. The van der Waals surface area contributed by atoms with Crippen molar-refractivity contribution in [2.24, 2.45) is 0 Å². The standard InChI is InChI=1S/C26H26N2O7/c1-14(27-18-12-24(33-4)23(32-3)11-17(18)26(30)34-5)25(29)28-19-13-21-16(10-22(19)31-2)15-8-6-7-9-20(15)35-21/h6-14,27H,1-5H3,(H,28,29)/t14-/m0/s1. The Labute approximate surface area is 201 Å². The van der Waals surface area contributed by atoms with E-state index in [1.807, 2.05) is 30.3 Å². The average molecular weight is 479 g/mol. The van der Waals surface area contributed by atoms with Crippen molar-refractivity contribution >= 4 is 45.2 Å². The zero-order valence-corrected chi connectivity index (χ0v) is 20.1. The highest BCUT2D eigenvalue weighted by Crippen LogP contribution is 2.37. The lowest BCUT2D eigenvalue weighted by molar-refractivity contribution is -0.116. The smallest absolute Gasteiger partial charge is 0.340 e. The number of anilines is 2. The molecule has 4 rings (SSSR count). The fourth-order valence-electron chi connectivity index (χ4n) is 3.84. The molecule has 1 heterocycles. The molecule has 0 fully saturated rings. The molecule has 3 aromatic carbocycles. The van der Waals surface area contributed by atoms with E-state index >= 15 is 0 Å². The van der Waals surface area contributed by atoms with E-state index in [0.29, 0.717) is 34.2 Å². The number of hydrogen-bond acceptors (Lipinski definition) is 8. The number of furan rings is 1. The summed E-state index contributed by atoms with van der Waals surface area (Å²) in [6.45, 7) is 1.67. The van der Waals surface area contributed by atoms with E-state index in [1.54, 1.807) is 19.1 Å². The third-order valence-electron chi connectivity index (χ3n) is 5.65. The van der Waals surface area contributed by atoms with E-state index < -0.39 is 12.0 Å². The number of carbonyl (C=O) groups is 2. The maximum absolute atomic E-state index is 13.1. The first-order chi connectivity index (χ1) is 16.9. The van der Waals surface area contributed by atoms with Crippen molar-refractivity contribution in [2.45, 2.75) is 13.0 Å². The number of rotatable bonds is 8. The first kappa shape index (κ1) is 23.7. The van der Waals surface area contributed by atoms with Crippen molar-refractivity contribution in [3.63, 3.8) is 0 Å². The number of esters is 1. The Bertz CT molecular complexity index is 1410. The minimum Gasteiger partial charge on any atom is -0.495 e. The van der Waals surface area contributed by atoms with Crippen LogP contribution in [-0.4, -0.2) is 46.4 Å². The van der Waals surface area contributed by atoms with Crippen molar-refractivity contribution in [3.05, 3.63) is 54.1 Å². The van der Waals surface area contributed by atoms with Crippen molar-refractivity contribution in [3.8, 4) is 17.2 Å². The molecular weight excluding hydrogens is 452 g/mol. The van der Waals surface area contributed by atoms with Crippen LogP contribution in [0.3, 0.4) is 0 Å². The number of hydrogen-bond donors (Lipinski definition) is 2. The summed E-state index contributed by atoms with van der Waals surface area (Å²) in [7, 11) is 5.76. The molecule has 1 aromatic heterocycles. The molecule has 4 aromatic rings. The molecule has 0 saturated heterocycles. The summed E-state index contributed by atoms with van der Waals surface area (Å²) in [6, 6.07) is 13.6. The number of fused-ring (bicyclic) bond motifs is 3. The first-order valence-corrected chi connectivity index (χ1v) is 10.8. The molecule has 0 aliphatic carbocycles. The van der Waals surface area contributed by atoms with Crippen LogP contribution in [-0.2, 0) is 9.53 Å². The Morgan fingerprint density at radius 2 is 1.49 bits per heavy atom. The second-order valence-electron chi connectivity index (χ2n) is 7.75. The number of methoxy groups -OCH3 is 4. The summed E-state index contributed by atoms with van der Waals surface area (Å²) >= 11 is 0. The number of para-hydroxylation sites is 1. The quantitative estimate of drug-likeness (QED) is 0.347. The van der Waals surface area contributed by atoms with E-state index in [9.17, 15) is 9.59 Å². The van der Waals surface area contributed by atoms with Gasteiger partial charge in [-0.05, 0) is 19.1 Å². The molecule has 0 spiro atoms. The maximum atomic E-state index is 13.1. The molecule has 0 saturated carbocycles. The Morgan fingerprint density at radius 1 is 0.800 bits per heavy atom. The van der Waals surface area contributed by atoms with Crippen LogP contribution in [0.4, 0.5) is 11.4 Å². The van der Waals surface area contributed by atoms with Gasteiger partial charge in [0.05, 0.1) is 45.4 Å². The van der Waals surface area contributed by atoms with E-state index in [4.69, 9.17) is 23.4 Å². The Balaban J connectivity index is 1.62. The average Bonchev–Trinajstić information content (AvgIpc) is 3.24. The summed E-state index contributed by atoms with van der Waals surface area (Å²) in [4.78, 5) is 25.4. The zero-order chi connectivity index (χ0) is 25.1. The maximum Gasteiger partial charge on any atom is 0.340 e. The molecule has 1 atom stereocenters. The molecule has 9 nitrogen and oxygen atoms in total. The van der Waals surface area contributed by atoms with Crippen LogP contribution in [0.25, 0.3) is 21.9 Å². The van der Waals surface area contributed by atoms with Crippen molar-refractivity contribution in [2.75, 3.05) is 39.1 Å². The van der Waals surface area contributed by atoms with Gasteiger partial charge in [0, 0.05) is 29.0 Å². The summed E-state index contributed by atoms with van der Waals surface area (Å²) in [5, 5.41) is 7.77. The first-order valence-electron chi connectivity index (χ1n) is 10.8. The van der Waals surface area contributed by atoms with Gasteiger partial charge in [-0.25, -0.2) is 4.79 Å². The molecule has 0 aliphatic rings.